The van der Waals surface area contributed by atoms with Gasteiger partial charge in [-0.05, 0) is 20.8 Å². The highest BCUT2D eigenvalue weighted by Gasteiger charge is 2.20. The molecule has 0 fully saturated rings. The van der Waals surface area contributed by atoms with E-state index >= 15 is 0 Å². The number of esters is 1. The quantitative estimate of drug-likeness (QED) is 0.598. The number of carbonyl (C=O) groups excluding carboxylic acids is 2. The summed E-state index contributed by atoms with van der Waals surface area (Å²) in [4.78, 5) is 22.5. The highest BCUT2D eigenvalue weighted by atomic mass is 16.6. The molecular weight excluding hydrogens is 222 g/mol. The molecule has 5 nitrogen and oxygen atoms in total. The summed E-state index contributed by atoms with van der Waals surface area (Å²) >= 11 is 0. The number of hydrogen-bond acceptors (Lipinski definition) is 4. The second kappa shape index (κ2) is 6.79. The molecule has 0 aromatic carbocycles. The van der Waals surface area contributed by atoms with E-state index in [9.17, 15) is 9.59 Å². The lowest BCUT2D eigenvalue weighted by atomic mass is 10.1. The Morgan fingerprint density at radius 2 is 2.00 bits per heavy atom. The normalized spacial score (nSPS) is 12.2. The van der Waals surface area contributed by atoms with Gasteiger partial charge in [0, 0.05) is 6.42 Å². The van der Waals surface area contributed by atoms with Gasteiger partial charge in [0.15, 0.2) is 0 Å². The molecule has 0 aromatic heterocycles. The zero-order chi connectivity index (χ0) is 13.5. The van der Waals surface area contributed by atoms with Crippen LogP contribution in [0.5, 0.6) is 0 Å². The molecule has 0 heterocycles. The Bertz CT molecular complexity index is 311. The van der Waals surface area contributed by atoms with Gasteiger partial charge in [0.25, 0.3) is 0 Å². The van der Waals surface area contributed by atoms with Crippen LogP contribution in [0.15, 0.2) is 0 Å². The number of terminal acetylenes is 1. The fourth-order valence-electron chi connectivity index (χ4n) is 1.08. The molecule has 5 heteroatoms. The molecule has 17 heavy (non-hydrogen) atoms. The Morgan fingerprint density at radius 3 is 2.41 bits per heavy atom. The number of amides is 1. The third kappa shape index (κ3) is 8.14. The van der Waals surface area contributed by atoms with E-state index in [4.69, 9.17) is 11.2 Å². The molecule has 0 aliphatic heterocycles. The summed E-state index contributed by atoms with van der Waals surface area (Å²) < 4.78 is 9.57. The van der Waals surface area contributed by atoms with Crippen molar-refractivity contribution in [3.05, 3.63) is 0 Å². The molecule has 0 aliphatic rings. The molecular formula is C12H19NO4. The Balaban J connectivity index is 4.30. The van der Waals surface area contributed by atoms with Crippen molar-refractivity contribution >= 4 is 12.1 Å². The van der Waals surface area contributed by atoms with Gasteiger partial charge in [0.2, 0.25) is 0 Å². The number of carbonyl (C=O) groups is 2. The molecule has 0 radical (unpaired) electrons. The fraction of sp³-hybridized carbons (Fsp3) is 0.667. The molecule has 96 valence electrons. The molecule has 1 atom stereocenters. The summed E-state index contributed by atoms with van der Waals surface area (Å²) in [6, 6.07) is -0.470. The van der Waals surface area contributed by atoms with E-state index in [0.717, 1.165) is 0 Å². The molecule has 0 spiro atoms. The summed E-state index contributed by atoms with van der Waals surface area (Å²) in [5, 5.41) is 2.54. The number of methoxy groups -OCH3 is 1. The van der Waals surface area contributed by atoms with Gasteiger partial charge in [0.05, 0.1) is 19.6 Å². The van der Waals surface area contributed by atoms with Crippen molar-refractivity contribution in [1.29, 1.82) is 0 Å². The molecule has 0 aromatic rings. The van der Waals surface area contributed by atoms with Crippen LogP contribution in [0.4, 0.5) is 4.79 Å². The largest absolute Gasteiger partial charge is 0.469 e. The van der Waals surface area contributed by atoms with E-state index in [2.05, 4.69) is 16.0 Å². The van der Waals surface area contributed by atoms with Crippen molar-refractivity contribution in [1.82, 2.24) is 5.32 Å². The summed E-state index contributed by atoms with van der Waals surface area (Å²) in [5.41, 5.74) is -0.587. The summed E-state index contributed by atoms with van der Waals surface area (Å²) in [7, 11) is 1.28. The highest BCUT2D eigenvalue weighted by molar-refractivity contribution is 5.72. The van der Waals surface area contributed by atoms with E-state index in [1.54, 1.807) is 20.8 Å². The molecule has 0 aliphatic carbocycles. The maximum absolute atomic E-state index is 11.5. The third-order valence-corrected chi connectivity index (χ3v) is 1.73. The zero-order valence-corrected chi connectivity index (χ0v) is 10.7. The fourth-order valence-corrected chi connectivity index (χ4v) is 1.08. The van der Waals surface area contributed by atoms with Crippen LogP contribution < -0.4 is 5.32 Å². The number of hydrogen-bond donors (Lipinski definition) is 1. The van der Waals surface area contributed by atoms with E-state index in [-0.39, 0.29) is 12.8 Å². The molecule has 0 rings (SSSR count). The first-order valence-corrected chi connectivity index (χ1v) is 5.28. The van der Waals surface area contributed by atoms with E-state index in [1.807, 2.05) is 0 Å². The predicted octanol–water partition coefficient (Wildman–Crippen LogP) is 1.47. The minimum Gasteiger partial charge on any atom is -0.469 e. The van der Waals surface area contributed by atoms with E-state index in [1.165, 1.54) is 7.11 Å². The predicted molar refractivity (Wildman–Crippen MR) is 63.2 cm³/mol. The second-order valence-electron chi connectivity index (χ2n) is 4.53. The smallest absolute Gasteiger partial charge is 0.407 e. The van der Waals surface area contributed by atoms with Gasteiger partial charge in [-0.25, -0.2) is 4.79 Å². The van der Waals surface area contributed by atoms with Crippen molar-refractivity contribution in [2.45, 2.75) is 45.3 Å². The van der Waals surface area contributed by atoms with Crippen LogP contribution in [-0.2, 0) is 14.3 Å². The lowest BCUT2D eigenvalue weighted by Crippen LogP contribution is -2.40. The van der Waals surface area contributed by atoms with Gasteiger partial charge in [-0.15, -0.1) is 12.3 Å². The number of alkyl carbamates (subject to hydrolysis) is 1. The first kappa shape index (κ1) is 15.3. The highest BCUT2D eigenvalue weighted by Crippen LogP contribution is 2.08. The van der Waals surface area contributed by atoms with Gasteiger partial charge in [-0.3, -0.25) is 4.79 Å². The Morgan fingerprint density at radius 1 is 1.41 bits per heavy atom. The Kier molecular flexibility index (Phi) is 6.11. The lowest BCUT2D eigenvalue weighted by Gasteiger charge is -2.22. The van der Waals surface area contributed by atoms with Gasteiger partial charge < -0.3 is 14.8 Å². The molecule has 1 unspecified atom stereocenters. The summed E-state index contributed by atoms with van der Waals surface area (Å²) in [5.74, 6) is 1.96. The van der Waals surface area contributed by atoms with Crippen LogP contribution in [0, 0.1) is 12.3 Å². The third-order valence-electron chi connectivity index (χ3n) is 1.73. The van der Waals surface area contributed by atoms with Crippen molar-refractivity contribution < 1.29 is 19.1 Å². The van der Waals surface area contributed by atoms with Crippen molar-refractivity contribution in [3.8, 4) is 12.3 Å². The minimum absolute atomic E-state index is 0.0277. The van der Waals surface area contributed by atoms with Gasteiger partial charge >= 0.3 is 12.1 Å². The van der Waals surface area contributed by atoms with Crippen molar-refractivity contribution in [2.75, 3.05) is 7.11 Å². The number of rotatable bonds is 4. The lowest BCUT2D eigenvalue weighted by molar-refractivity contribution is -0.141. The molecule has 0 saturated carbocycles. The standard InChI is InChI=1S/C12H19NO4/c1-6-7-9(8-10(14)16-5)13-11(15)17-12(2,3)4/h1,9H,7-8H2,2-5H3,(H,13,15). The van der Waals surface area contributed by atoms with Crippen LogP contribution in [0.2, 0.25) is 0 Å². The van der Waals surface area contributed by atoms with Crippen LogP contribution in [-0.4, -0.2) is 30.8 Å². The minimum atomic E-state index is -0.596. The van der Waals surface area contributed by atoms with Crippen LogP contribution in [0.3, 0.4) is 0 Å². The van der Waals surface area contributed by atoms with Gasteiger partial charge in [-0.2, -0.15) is 0 Å². The summed E-state index contributed by atoms with van der Waals surface area (Å²) in [6.45, 7) is 5.26. The average molecular weight is 241 g/mol. The maximum Gasteiger partial charge on any atom is 0.407 e. The summed E-state index contributed by atoms with van der Waals surface area (Å²) in [6.07, 6.45) is 4.83. The van der Waals surface area contributed by atoms with Crippen molar-refractivity contribution in [3.63, 3.8) is 0 Å². The maximum atomic E-state index is 11.5. The van der Waals surface area contributed by atoms with Crippen molar-refractivity contribution in [2.24, 2.45) is 0 Å². The van der Waals surface area contributed by atoms with Gasteiger partial charge in [0.1, 0.15) is 5.60 Å². The monoisotopic (exact) mass is 241 g/mol. The Labute approximate surface area is 102 Å². The number of ether oxygens (including phenoxy) is 2. The molecule has 1 N–H and O–H groups in total. The topological polar surface area (TPSA) is 64.6 Å². The first-order chi connectivity index (χ1) is 7.78. The molecule has 0 saturated heterocycles. The number of nitrogens with one attached hydrogen (secondary N) is 1. The first-order valence-electron chi connectivity index (χ1n) is 5.28. The second-order valence-corrected chi connectivity index (χ2v) is 4.53. The molecule has 1 amide bonds. The molecule has 0 bridgehead atoms. The van der Waals surface area contributed by atoms with E-state index in [0.29, 0.717) is 0 Å². The van der Waals surface area contributed by atoms with Crippen LogP contribution in [0.1, 0.15) is 33.6 Å². The van der Waals surface area contributed by atoms with Crippen LogP contribution in [0.25, 0.3) is 0 Å². The Hall–Kier alpha value is -1.70. The zero-order valence-electron chi connectivity index (χ0n) is 10.7. The SMILES string of the molecule is C#CCC(CC(=O)OC)NC(=O)OC(C)(C)C. The van der Waals surface area contributed by atoms with Crippen LogP contribution >= 0.6 is 0 Å². The average Bonchev–Trinajstić information content (AvgIpc) is 2.14. The van der Waals surface area contributed by atoms with E-state index < -0.39 is 23.7 Å². The van der Waals surface area contributed by atoms with Gasteiger partial charge in [-0.1, -0.05) is 0 Å².